The summed E-state index contributed by atoms with van der Waals surface area (Å²) in [5.74, 6) is 1.71. The lowest BCUT2D eigenvalue weighted by Crippen LogP contribution is -2.57. The summed E-state index contributed by atoms with van der Waals surface area (Å²) in [6.45, 7) is 7.09. The zero-order valence-electron chi connectivity index (χ0n) is 26.6. The van der Waals surface area contributed by atoms with Gasteiger partial charge in [-0.2, -0.15) is 9.97 Å². The van der Waals surface area contributed by atoms with E-state index in [1.165, 1.54) is 6.07 Å². The molecule has 0 amide bonds. The number of halogens is 3. The van der Waals surface area contributed by atoms with Gasteiger partial charge in [0.2, 0.25) is 0 Å². The Hall–Kier alpha value is -4.14. The van der Waals surface area contributed by atoms with Crippen molar-refractivity contribution in [3.05, 3.63) is 47.2 Å². The quantitative estimate of drug-likeness (QED) is 0.217. The Morgan fingerprint density at radius 3 is 2.81 bits per heavy atom. The van der Waals surface area contributed by atoms with Crippen molar-refractivity contribution in [2.45, 2.75) is 75.7 Å². The highest BCUT2D eigenvalue weighted by Crippen LogP contribution is 2.45. The minimum absolute atomic E-state index is 0.00298. The van der Waals surface area contributed by atoms with Crippen molar-refractivity contribution in [2.75, 3.05) is 43.4 Å². The number of piperazine rings is 1. The number of benzene rings is 2. The summed E-state index contributed by atoms with van der Waals surface area (Å²) in [4.78, 5) is 19.1. The number of anilines is 2. The first-order chi connectivity index (χ1) is 22.7. The van der Waals surface area contributed by atoms with Crippen molar-refractivity contribution in [1.29, 1.82) is 0 Å². The highest BCUT2D eigenvalue weighted by molar-refractivity contribution is 6.04. The fraction of sp³-hybridized carbons (Fsp3) is 0.472. The number of ether oxygens (including phenoxy) is 1. The van der Waals surface area contributed by atoms with Crippen molar-refractivity contribution in [1.82, 2.24) is 25.2 Å². The maximum absolute atomic E-state index is 17.2. The molecule has 3 saturated heterocycles. The van der Waals surface area contributed by atoms with Crippen LogP contribution in [0.1, 0.15) is 63.1 Å². The van der Waals surface area contributed by atoms with E-state index in [1.54, 1.807) is 18.2 Å². The summed E-state index contributed by atoms with van der Waals surface area (Å²) in [6, 6.07) is 6.51. The molecule has 2 aromatic heterocycles. The SMILES string of the molecule is C#Cc1c(F)ccc2cc(N)cc(-c3nc4c5c(nc(OC[C@@]67CCCN6C[C@H](F)C7)nc5c3F)N3CCN[C@@H](C)[C@@H]3CC[C@H]4C)c12. The third kappa shape index (κ3) is 4.79. The molecular weight excluding hydrogens is 603 g/mol. The lowest BCUT2D eigenvalue weighted by atomic mass is 9.88. The Balaban J connectivity index is 1.37. The average molecular weight is 642 g/mol. The zero-order chi connectivity index (χ0) is 32.6. The monoisotopic (exact) mass is 641 g/mol. The van der Waals surface area contributed by atoms with Gasteiger partial charge in [0.05, 0.1) is 22.2 Å². The van der Waals surface area contributed by atoms with Crippen molar-refractivity contribution in [3.63, 3.8) is 0 Å². The molecule has 0 saturated carbocycles. The highest BCUT2D eigenvalue weighted by atomic mass is 19.1. The fourth-order valence-corrected chi connectivity index (χ4v) is 8.62. The van der Waals surface area contributed by atoms with Gasteiger partial charge in [-0.05, 0) is 68.7 Å². The normalized spacial score (nSPS) is 27.4. The van der Waals surface area contributed by atoms with Crippen LogP contribution in [-0.4, -0.2) is 76.4 Å². The predicted molar refractivity (Wildman–Crippen MR) is 177 cm³/mol. The summed E-state index contributed by atoms with van der Waals surface area (Å²) in [6.07, 6.45) is 8.75. The van der Waals surface area contributed by atoms with Gasteiger partial charge in [-0.3, -0.25) is 4.90 Å². The Morgan fingerprint density at radius 1 is 1.13 bits per heavy atom. The van der Waals surface area contributed by atoms with Gasteiger partial charge in [-0.15, -0.1) is 6.42 Å². The third-order valence-electron chi connectivity index (χ3n) is 10.9. The van der Waals surface area contributed by atoms with Crippen LogP contribution in [0.25, 0.3) is 32.9 Å². The van der Waals surface area contributed by atoms with Gasteiger partial charge in [0.1, 0.15) is 35.6 Å². The van der Waals surface area contributed by atoms with Crippen LogP contribution in [0.5, 0.6) is 6.01 Å². The second kappa shape index (κ2) is 11.2. The first kappa shape index (κ1) is 30.2. The van der Waals surface area contributed by atoms with E-state index in [4.69, 9.17) is 31.8 Å². The van der Waals surface area contributed by atoms with Crippen LogP contribution in [-0.2, 0) is 0 Å². The molecule has 47 heavy (non-hydrogen) atoms. The smallest absolute Gasteiger partial charge is 0.319 e. The molecule has 0 radical (unpaired) electrons. The van der Waals surface area contributed by atoms with E-state index in [1.807, 2.05) is 0 Å². The minimum Gasteiger partial charge on any atom is -0.461 e. The number of terminal acetylenes is 1. The Kier molecular flexibility index (Phi) is 7.22. The number of nitrogens with one attached hydrogen (secondary N) is 1. The molecule has 0 bridgehead atoms. The Bertz CT molecular complexity index is 1960. The van der Waals surface area contributed by atoms with E-state index < -0.39 is 23.3 Å². The maximum atomic E-state index is 17.2. The van der Waals surface area contributed by atoms with E-state index in [9.17, 15) is 4.39 Å². The second-order valence-corrected chi connectivity index (χ2v) is 13.8. The molecule has 4 aromatic rings. The molecule has 5 atom stereocenters. The van der Waals surface area contributed by atoms with Gasteiger partial charge >= 0.3 is 6.01 Å². The third-order valence-corrected chi connectivity index (χ3v) is 10.9. The number of nitrogens with zero attached hydrogens (tertiary/aromatic N) is 5. The van der Waals surface area contributed by atoms with Gasteiger partial charge in [0.25, 0.3) is 0 Å². The van der Waals surface area contributed by atoms with E-state index in [-0.39, 0.29) is 47.4 Å². The summed E-state index contributed by atoms with van der Waals surface area (Å²) in [5.41, 5.74) is 7.31. The lowest BCUT2D eigenvalue weighted by Gasteiger charge is -2.43. The number of hydrogen-bond acceptors (Lipinski definition) is 8. The topological polar surface area (TPSA) is 92.4 Å². The Morgan fingerprint density at radius 2 is 1.98 bits per heavy atom. The van der Waals surface area contributed by atoms with E-state index in [2.05, 4.69) is 34.9 Å². The number of fused-ring (bicyclic) bond motifs is 4. The zero-order valence-corrected chi connectivity index (χ0v) is 26.6. The van der Waals surface area contributed by atoms with E-state index >= 15 is 8.78 Å². The highest BCUT2D eigenvalue weighted by Gasteiger charge is 2.49. The van der Waals surface area contributed by atoms with Crippen molar-refractivity contribution in [2.24, 2.45) is 0 Å². The fourth-order valence-electron chi connectivity index (χ4n) is 8.62. The number of aromatic nitrogens is 3. The number of nitrogens with two attached hydrogens (primary N) is 1. The van der Waals surface area contributed by atoms with Gasteiger partial charge in [-0.1, -0.05) is 18.9 Å². The Labute approximate surface area is 271 Å². The molecule has 8 nitrogen and oxygen atoms in total. The second-order valence-electron chi connectivity index (χ2n) is 13.8. The lowest BCUT2D eigenvalue weighted by molar-refractivity contribution is 0.107. The summed E-state index contributed by atoms with van der Waals surface area (Å²) >= 11 is 0. The molecular formula is C36H38F3N7O. The number of hydrogen-bond donors (Lipinski definition) is 2. The molecule has 2 aromatic carbocycles. The largest absolute Gasteiger partial charge is 0.461 e. The average Bonchev–Trinajstić information content (AvgIpc) is 3.58. The molecule has 6 heterocycles. The molecule has 3 fully saturated rings. The molecule has 3 N–H and O–H groups in total. The first-order valence-electron chi connectivity index (χ1n) is 16.6. The van der Waals surface area contributed by atoms with Crippen molar-refractivity contribution >= 4 is 33.2 Å². The van der Waals surface area contributed by atoms with Crippen molar-refractivity contribution in [3.8, 4) is 29.6 Å². The van der Waals surface area contributed by atoms with Crippen LogP contribution in [0.4, 0.5) is 24.7 Å². The molecule has 244 valence electrons. The summed E-state index contributed by atoms with van der Waals surface area (Å²) in [7, 11) is 0. The van der Waals surface area contributed by atoms with Crippen LogP contribution in [0.15, 0.2) is 24.3 Å². The first-order valence-corrected chi connectivity index (χ1v) is 16.6. The van der Waals surface area contributed by atoms with Crippen LogP contribution in [0, 0.1) is 24.0 Å². The molecule has 11 heteroatoms. The van der Waals surface area contributed by atoms with Crippen LogP contribution < -0.4 is 20.7 Å². The van der Waals surface area contributed by atoms with Gasteiger partial charge in [0, 0.05) is 54.8 Å². The molecule has 8 rings (SSSR count). The van der Waals surface area contributed by atoms with Gasteiger partial charge in [0.15, 0.2) is 5.82 Å². The molecule has 4 aliphatic rings. The minimum atomic E-state index is -0.908. The standard InChI is InChI=1S/C36H38F3N7O/c1-4-24-26(38)8-7-21-14-23(40)15-25(28(21)24)32-30(39)33-29-31(42-32)19(2)6-9-27-20(3)41-11-13-46(27)34(29)44-35(43-33)47-18-36-10-5-12-45(36)17-22(37)16-36/h1,7-8,14-15,19-20,22,27,41H,5-6,9-13,16-18,40H2,2-3H3/t19-,20+,22-,27+,36+/m1/s1. The number of pyridine rings is 1. The molecule has 0 aliphatic carbocycles. The van der Waals surface area contributed by atoms with Crippen LogP contribution >= 0.6 is 0 Å². The van der Waals surface area contributed by atoms with Gasteiger partial charge < -0.3 is 20.7 Å². The van der Waals surface area contributed by atoms with Crippen LogP contribution in [0.3, 0.4) is 0 Å². The maximum Gasteiger partial charge on any atom is 0.319 e. The number of rotatable bonds is 4. The summed E-state index contributed by atoms with van der Waals surface area (Å²) < 4.78 is 53.2. The van der Waals surface area contributed by atoms with E-state index in [0.29, 0.717) is 58.4 Å². The molecule has 0 unspecified atom stereocenters. The number of nitrogen functional groups attached to an aromatic ring is 1. The predicted octanol–water partition coefficient (Wildman–Crippen LogP) is 5.71. The summed E-state index contributed by atoms with van der Waals surface area (Å²) in [5, 5.41) is 5.07. The molecule has 4 aliphatic heterocycles. The van der Waals surface area contributed by atoms with Crippen molar-refractivity contribution < 1.29 is 17.9 Å². The molecule has 0 spiro atoms. The number of alkyl halides is 1. The van der Waals surface area contributed by atoms with E-state index in [0.717, 1.165) is 38.8 Å². The van der Waals surface area contributed by atoms with Crippen LogP contribution in [0.2, 0.25) is 0 Å². The van der Waals surface area contributed by atoms with Gasteiger partial charge in [-0.25, -0.2) is 18.2 Å².